The Kier molecular flexibility index (Phi) is 5.42. The molecule has 1 aliphatic heterocycles. The number of pyridine rings is 1. The summed E-state index contributed by atoms with van der Waals surface area (Å²) in [5.41, 5.74) is 8.17. The highest BCUT2D eigenvalue weighted by Gasteiger charge is 2.16. The largest absolute Gasteiger partial charge is 0.361 e. The summed E-state index contributed by atoms with van der Waals surface area (Å²) in [6.45, 7) is 5.56. The van der Waals surface area contributed by atoms with Crippen molar-refractivity contribution in [2.45, 2.75) is 6.54 Å². The summed E-state index contributed by atoms with van der Waals surface area (Å²) in [5.74, 6) is 0. The second-order valence-electron chi connectivity index (χ2n) is 8.69. The Morgan fingerprint density at radius 3 is 2.52 bits per heavy atom. The number of piperazine rings is 1. The highest BCUT2D eigenvalue weighted by atomic mass is 32.2. The molecule has 0 aliphatic carbocycles. The van der Waals surface area contributed by atoms with Crippen LogP contribution in [0.1, 0.15) is 5.56 Å². The third kappa shape index (κ3) is 4.06. The van der Waals surface area contributed by atoms with E-state index in [0.29, 0.717) is 0 Å². The average molecular weight is 454 g/mol. The number of benzene rings is 2. The molecule has 2 N–H and O–H groups in total. The SMILES string of the molecule is CSN1CCN(Cc2ccc(-c3cnc4[nH]cc(-c5ccc6[nH]ccc6c5)c4c3)cc2)CC1. The van der Waals surface area contributed by atoms with Gasteiger partial charge in [0.15, 0.2) is 0 Å². The lowest BCUT2D eigenvalue weighted by molar-refractivity contribution is 0.189. The fourth-order valence-corrected chi connectivity index (χ4v) is 5.28. The van der Waals surface area contributed by atoms with Crippen molar-refractivity contribution in [3.63, 3.8) is 0 Å². The van der Waals surface area contributed by atoms with E-state index in [1.807, 2.05) is 24.3 Å². The fourth-order valence-electron chi connectivity index (χ4n) is 4.75. The Bertz CT molecular complexity index is 1390. The highest BCUT2D eigenvalue weighted by Crippen LogP contribution is 2.32. The molecule has 6 heteroatoms. The van der Waals surface area contributed by atoms with Gasteiger partial charge in [-0.2, -0.15) is 0 Å². The summed E-state index contributed by atoms with van der Waals surface area (Å²) in [7, 11) is 0. The second kappa shape index (κ2) is 8.71. The van der Waals surface area contributed by atoms with Crippen LogP contribution in [0.15, 0.2) is 73.2 Å². The molecule has 166 valence electrons. The molecule has 2 aromatic carbocycles. The van der Waals surface area contributed by atoms with E-state index in [-0.39, 0.29) is 0 Å². The van der Waals surface area contributed by atoms with Gasteiger partial charge in [-0.05, 0) is 52.6 Å². The minimum Gasteiger partial charge on any atom is -0.361 e. The van der Waals surface area contributed by atoms with E-state index in [1.165, 1.54) is 27.6 Å². The molecular formula is C27H27N5S. The van der Waals surface area contributed by atoms with Crippen LogP contribution < -0.4 is 0 Å². The van der Waals surface area contributed by atoms with Crippen LogP contribution in [0.5, 0.6) is 0 Å². The Morgan fingerprint density at radius 2 is 1.70 bits per heavy atom. The van der Waals surface area contributed by atoms with Gasteiger partial charge in [0.25, 0.3) is 0 Å². The van der Waals surface area contributed by atoms with E-state index >= 15 is 0 Å². The van der Waals surface area contributed by atoms with Crippen molar-refractivity contribution in [1.82, 2.24) is 24.2 Å². The summed E-state index contributed by atoms with van der Waals surface area (Å²) in [5, 5.41) is 2.37. The number of aromatic amines is 2. The maximum absolute atomic E-state index is 4.71. The van der Waals surface area contributed by atoms with Gasteiger partial charge in [-0.3, -0.25) is 4.90 Å². The Morgan fingerprint density at radius 1 is 0.879 bits per heavy atom. The molecule has 0 atom stereocenters. The lowest BCUT2D eigenvalue weighted by atomic mass is 10.0. The summed E-state index contributed by atoms with van der Waals surface area (Å²) in [6.07, 6.45) is 8.18. The first-order chi connectivity index (χ1) is 16.3. The zero-order chi connectivity index (χ0) is 22.2. The first-order valence-corrected chi connectivity index (χ1v) is 12.6. The van der Waals surface area contributed by atoms with Gasteiger partial charge in [-0.25, -0.2) is 9.29 Å². The van der Waals surface area contributed by atoms with E-state index in [1.54, 1.807) is 0 Å². The number of fused-ring (bicyclic) bond motifs is 2. The lowest BCUT2D eigenvalue weighted by Gasteiger charge is -2.33. The van der Waals surface area contributed by atoms with Gasteiger partial charge >= 0.3 is 0 Å². The zero-order valence-electron chi connectivity index (χ0n) is 18.7. The fraction of sp³-hybridized carbons (Fsp3) is 0.222. The van der Waals surface area contributed by atoms with Crippen molar-refractivity contribution in [3.05, 3.63) is 78.8 Å². The van der Waals surface area contributed by atoms with E-state index < -0.39 is 0 Å². The molecule has 5 aromatic rings. The van der Waals surface area contributed by atoms with E-state index in [4.69, 9.17) is 4.98 Å². The van der Waals surface area contributed by atoms with Crippen molar-refractivity contribution >= 4 is 33.9 Å². The van der Waals surface area contributed by atoms with Gasteiger partial charge in [0.2, 0.25) is 0 Å². The van der Waals surface area contributed by atoms with Gasteiger partial charge in [0.1, 0.15) is 5.65 Å². The third-order valence-corrected chi connectivity index (χ3v) is 7.56. The molecule has 0 bridgehead atoms. The van der Waals surface area contributed by atoms with Crippen molar-refractivity contribution in [1.29, 1.82) is 0 Å². The molecular weight excluding hydrogens is 426 g/mol. The van der Waals surface area contributed by atoms with Crippen LogP contribution in [0.4, 0.5) is 0 Å². The minimum absolute atomic E-state index is 0.920. The number of hydrogen-bond acceptors (Lipinski definition) is 4. The number of aromatic nitrogens is 3. The lowest BCUT2D eigenvalue weighted by Crippen LogP contribution is -2.42. The number of rotatable bonds is 5. The molecule has 1 saturated heterocycles. The Balaban J connectivity index is 1.25. The average Bonchev–Trinajstić information content (AvgIpc) is 3.51. The molecule has 6 rings (SSSR count). The zero-order valence-corrected chi connectivity index (χ0v) is 19.5. The molecule has 0 radical (unpaired) electrons. The van der Waals surface area contributed by atoms with Crippen LogP contribution in [0.3, 0.4) is 0 Å². The van der Waals surface area contributed by atoms with E-state index in [9.17, 15) is 0 Å². The molecule has 1 aliphatic rings. The molecule has 3 aromatic heterocycles. The maximum Gasteiger partial charge on any atom is 0.137 e. The summed E-state index contributed by atoms with van der Waals surface area (Å²) < 4.78 is 2.44. The number of nitrogens with one attached hydrogen (secondary N) is 2. The van der Waals surface area contributed by atoms with Crippen LogP contribution in [-0.4, -0.2) is 56.6 Å². The molecule has 0 saturated carbocycles. The molecule has 1 fully saturated rings. The van der Waals surface area contributed by atoms with Crippen LogP contribution in [0.2, 0.25) is 0 Å². The number of H-pyrrole nitrogens is 2. The van der Waals surface area contributed by atoms with Gasteiger partial charge in [0.05, 0.1) is 0 Å². The molecule has 33 heavy (non-hydrogen) atoms. The first kappa shape index (κ1) is 20.5. The monoisotopic (exact) mass is 453 g/mol. The quantitative estimate of drug-likeness (QED) is 0.332. The maximum atomic E-state index is 4.71. The normalized spacial score (nSPS) is 15.5. The summed E-state index contributed by atoms with van der Waals surface area (Å²) >= 11 is 1.85. The van der Waals surface area contributed by atoms with E-state index in [2.05, 4.69) is 86.2 Å². The van der Waals surface area contributed by atoms with Gasteiger partial charge in [-0.1, -0.05) is 42.3 Å². The smallest absolute Gasteiger partial charge is 0.137 e. The van der Waals surface area contributed by atoms with Crippen LogP contribution in [-0.2, 0) is 6.54 Å². The van der Waals surface area contributed by atoms with Crippen LogP contribution in [0.25, 0.3) is 44.2 Å². The third-order valence-electron chi connectivity index (χ3n) is 6.68. The second-order valence-corrected chi connectivity index (χ2v) is 9.57. The number of nitrogens with zero attached hydrogens (tertiary/aromatic N) is 3. The van der Waals surface area contributed by atoms with Crippen molar-refractivity contribution < 1.29 is 0 Å². The molecule has 5 nitrogen and oxygen atoms in total. The summed E-state index contributed by atoms with van der Waals surface area (Å²) in [6, 6.07) is 19.9. The predicted octanol–water partition coefficient (Wildman–Crippen LogP) is 5.77. The van der Waals surface area contributed by atoms with Gasteiger partial charge < -0.3 is 9.97 Å². The minimum atomic E-state index is 0.920. The number of hydrogen-bond donors (Lipinski definition) is 2. The molecule has 0 unspecified atom stereocenters. The van der Waals surface area contributed by atoms with Crippen LogP contribution >= 0.6 is 11.9 Å². The molecule has 0 spiro atoms. The van der Waals surface area contributed by atoms with Gasteiger partial charge in [-0.15, -0.1) is 0 Å². The van der Waals surface area contributed by atoms with Crippen LogP contribution in [0, 0.1) is 0 Å². The van der Waals surface area contributed by atoms with Crippen molar-refractivity contribution in [3.8, 4) is 22.3 Å². The van der Waals surface area contributed by atoms with Gasteiger partial charge in [0, 0.05) is 73.3 Å². The topological polar surface area (TPSA) is 50.9 Å². The summed E-state index contributed by atoms with van der Waals surface area (Å²) in [4.78, 5) is 13.9. The first-order valence-electron chi connectivity index (χ1n) is 11.4. The predicted molar refractivity (Wildman–Crippen MR) is 139 cm³/mol. The highest BCUT2D eigenvalue weighted by molar-refractivity contribution is 7.96. The molecule has 0 amide bonds. The Hall–Kier alpha value is -3.06. The molecule has 4 heterocycles. The van der Waals surface area contributed by atoms with Crippen molar-refractivity contribution in [2.75, 3.05) is 32.4 Å². The standard InChI is InChI=1S/C27H27N5S/c1-33-32-12-10-31(11-13-32)18-19-2-4-20(5-3-19)23-15-24-25(17-30-27(24)29-16-23)21-6-7-26-22(14-21)8-9-28-26/h2-9,14-17,28H,10-13,18H2,1H3,(H,29,30). The Labute approximate surface area is 198 Å². The van der Waals surface area contributed by atoms with Crippen molar-refractivity contribution in [2.24, 2.45) is 0 Å². The van der Waals surface area contributed by atoms with E-state index in [0.717, 1.165) is 54.8 Å².